The zero-order valence-electron chi connectivity index (χ0n) is 20.5. The first-order valence-electron chi connectivity index (χ1n) is 12.4. The monoisotopic (exact) mass is 484 g/mol. The van der Waals surface area contributed by atoms with Crippen LogP contribution in [-0.2, 0) is 20.7 Å². The highest BCUT2D eigenvalue weighted by Gasteiger charge is 2.29. The van der Waals surface area contributed by atoms with Crippen LogP contribution in [0.25, 0.3) is 11.3 Å². The van der Waals surface area contributed by atoms with Crippen LogP contribution in [0.4, 0.5) is 5.69 Å². The van der Waals surface area contributed by atoms with Crippen molar-refractivity contribution in [1.82, 2.24) is 15.2 Å². The lowest BCUT2D eigenvalue weighted by Crippen LogP contribution is -2.45. The summed E-state index contributed by atoms with van der Waals surface area (Å²) in [6, 6.07) is 6.31. The lowest BCUT2D eigenvalue weighted by Gasteiger charge is -2.32. The molecule has 2 aliphatic heterocycles. The molecule has 1 N–H and O–H groups in total. The molecule has 2 amide bonds. The van der Waals surface area contributed by atoms with Crippen molar-refractivity contribution < 1.29 is 14.3 Å². The number of nitrogens with zero attached hydrogens (tertiary/aromatic N) is 3. The number of hydrogen-bond acceptors (Lipinski definition) is 6. The second kappa shape index (κ2) is 11.4. The van der Waals surface area contributed by atoms with Gasteiger partial charge >= 0.3 is 0 Å². The molecule has 2 aromatic rings. The first-order valence-corrected chi connectivity index (χ1v) is 13.3. The molecule has 4 rings (SSSR count). The van der Waals surface area contributed by atoms with Crippen LogP contribution in [0.3, 0.4) is 0 Å². The molecule has 34 heavy (non-hydrogen) atoms. The Hall–Kier alpha value is -2.29. The Morgan fingerprint density at radius 3 is 2.74 bits per heavy atom. The lowest BCUT2D eigenvalue weighted by atomic mass is 9.96. The molecular weight excluding hydrogens is 448 g/mol. The smallest absolute Gasteiger partial charge is 0.241 e. The first kappa shape index (κ1) is 24.8. The molecule has 8 heteroatoms. The Morgan fingerprint density at radius 2 is 2.03 bits per heavy atom. The number of ether oxygens (including phenoxy) is 1. The van der Waals surface area contributed by atoms with E-state index in [4.69, 9.17) is 4.74 Å². The van der Waals surface area contributed by atoms with Gasteiger partial charge in [0.25, 0.3) is 0 Å². The maximum Gasteiger partial charge on any atom is 0.241 e. The highest BCUT2D eigenvalue weighted by atomic mass is 32.1. The number of likely N-dealkylation sites (tertiary alicyclic amines) is 1. The Kier molecular flexibility index (Phi) is 8.34. The number of anilines is 1. The number of carbonyl (C=O) groups excluding carboxylic acids is 2. The summed E-state index contributed by atoms with van der Waals surface area (Å²) in [5.74, 6) is 0.316. The molecule has 3 heterocycles. The van der Waals surface area contributed by atoms with Crippen LogP contribution < -0.4 is 10.2 Å². The van der Waals surface area contributed by atoms with E-state index in [9.17, 15) is 9.59 Å². The summed E-state index contributed by atoms with van der Waals surface area (Å²) in [7, 11) is 0. The maximum atomic E-state index is 13.1. The molecule has 0 saturated carbocycles. The van der Waals surface area contributed by atoms with Gasteiger partial charge < -0.3 is 15.0 Å². The third-order valence-electron chi connectivity index (χ3n) is 6.58. The van der Waals surface area contributed by atoms with Crippen molar-refractivity contribution in [3.63, 3.8) is 0 Å². The Bertz CT molecular complexity index is 998. The maximum absolute atomic E-state index is 13.1. The van der Waals surface area contributed by atoms with Crippen LogP contribution in [0.1, 0.15) is 43.7 Å². The van der Waals surface area contributed by atoms with Gasteiger partial charge in [-0.05, 0) is 77.2 Å². The molecule has 1 aromatic carbocycles. The molecule has 184 valence electrons. The lowest BCUT2D eigenvalue weighted by molar-refractivity contribution is -0.126. The highest BCUT2D eigenvalue weighted by molar-refractivity contribution is 7.09. The van der Waals surface area contributed by atoms with E-state index >= 15 is 0 Å². The zero-order chi connectivity index (χ0) is 24.1. The number of fused-ring (bicyclic) bond motifs is 1. The molecule has 2 aliphatic rings. The second-order valence-corrected chi connectivity index (χ2v) is 10.6. The van der Waals surface area contributed by atoms with E-state index in [1.54, 1.807) is 11.3 Å². The minimum absolute atomic E-state index is 0.0395. The number of nitrogens with one attached hydrogen (secondary N) is 1. The summed E-state index contributed by atoms with van der Waals surface area (Å²) >= 11 is 1.65. The van der Waals surface area contributed by atoms with Crippen molar-refractivity contribution >= 4 is 28.8 Å². The van der Waals surface area contributed by atoms with Gasteiger partial charge in [-0.1, -0.05) is 6.07 Å². The third-order valence-corrected chi connectivity index (χ3v) is 7.35. The van der Waals surface area contributed by atoms with Crippen LogP contribution in [0.2, 0.25) is 0 Å². The predicted octanol–water partition coefficient (Wildman–Crippen LogP) is 3.65. The molecule has 0 spiro atoms. The van der Waals surface area contributed by atoms with Crippen molar-refractivity contribution in [2.24, 2.45) is 5.92 Å². The van der Waals surface area contributed by atoms with Crippen LogP contribution >= 0.6 is 11.3 Å². The Balaban J connectivity index is 1.22. The molecule has 1 saturated heterocycles. The van der Waals surface area contributed by atoms with Crippen molar-refractivity contribution in [3.05, 3.63) is 34.2 Å². The molecule has 0 bridgehead atoms. The molecule has 0 radical (unpaired) electrons. The number of rotatable bonds is 9. The number of aromatic nitrogens is 1. The summed E-state index contributed by atoms with van der Waals surface area (Å²) < 4.78 is 5.51. The number of piperidine rings is 1. The minimum Gasteiger partial charge on any atom is -0.379 e. The van der Waals surface area contributed by atoms with Gasteiger partial charge in [0.1, 0.15) is 0 Å². The molecule has 0 aliphatic carbocycles. The van der Waals surface area contributed by atoms with Crippen LogP contribution in [0, 0.1) is 12.8 Å². The Morgan fingerprint density at radius 1 is 1.24 bits per heavy atom. The number of hydrogen-bond donors (Lipinski definition) is 1. The fourth-order valence-corrected chi connectivity index (χ4v) is 5.32. The zero-order valence-corrected chi connectivity index (χ0v) is 21.3. The van der Waals surface area contributed by atoms with Gasteiger partial charge in [0.15, 0.2) is 0 Å². The van der Waals surface area contributed by atoms with Crippen molar-refractivity contribution in [2.75, 3.05) is 44.2 Å². The number of aryl methyl sites for hydroxylation is 1. The third kappa shape index (κ3) is 6.23. The van der Waals surface area contributed by atoms with E-state index in [0.29, 0.717) is 19.7 Å². The Labute approximate surface area is 206 Å². The quantitative estimate of drug-likeness (QED) is 0.550. The average molecular weight is 485 g/mol. The minimum atomic E-state index is 0.0395. The summed E-state index contributed by atoms with van der Waals surface area (Å²) in [5, 5.41) is 6.18. The van der Waals surface area contributed by atoms with Gasteiger partial charge in [-0.2, -0.15) is 0 Å². The SMILES string of the molecule is Cc1nc(-c2ccc3c(c2)CCN3C(=O)CN2CCC(C(=O)NCCCOC(C)C)CC2)cs1. The van der Waals surface area contributed by atoms with Crippen molar-refractivity contribution in [3.8, 4) is 11.3 Å². The number of thiazole rings is 1. The molecule has 1 fully saturated rings. The average Bonchev–Trinajstić information content (AvgIpc) is 3.44. The summed E-state index contributed by atoms with van der Waals surface area (Å²) in [5.41, 5.74) is 4.36. The normalized spacial score (nSPS) is 16.8. The van der Waals surface area contributed by atoms with Gasteiger partial charge in [0.05, 0.1) is 23.4 Å². The molecule has 0 atom stereocenters. The predicted molar refractivity (Wildman–Crippen MR) is 136 cm³/mol. The summed E-state index contributed by atoms with van der Waals surface area (Å²) in [6.07, 6.45) is 3.53. The van der Waals surface area contributed by atoms with Crippen molar-refractivity contribution in [2.45, 2.75) is 52.6 Å². The highest BCUT2D eigenvalue weighted by Crippen LogP contribution is 2.33. The van der Waals surface area contributed by atoms with Gasteiger partial charge in [0, 0.05) is 42.2 Å². The molecule has 1 aromatic heterocycles. The van der Waals surface area contributed by atoms with E-state index in [2.05, 4.69) is 38.8 Å². The number of carbonyl (C=O) groups is 2. The topological polar surface area (TPSA) is 74.8 Å². The van der Waals surface area contributed by atoms with Gasteiger partial charge in [-0.15, -0.1) is 11.3 Å². The number of amides is 2. The molecule has 0 unspecified atom stereocenters. The van der Waals surface area contributed by atoms with E-state index < -0.39 is 0 Å². The molecular formula is C26H36N4O3S. The summed E-state index contributed by atoms with van der Waals surface area (Å²) in [4.78, 5) is 34.2. The second-order valence-electron chi connectivity index (χ2n) is 9.51. The first-order chi connectivity index (χ1) is 16.4. The van der Waals surface area contributed by atoms with E-state index in [1.807, 2.05) is 25.7 Å². The fourth-order valence-electron chi connectivity index (χ4n) is 4.69. The van der Waals surface area contributed by atoms with E-state index in [-0.39, 0.29) is 23.8 Å². The van der Waals surface area contributed by atoms with Crippen LogP contribution in [0.5, 0.6) is 0 Å². The summed E-state index contributed by atoms with van der Waals surface area (Å²) in [6.45, 7) is 10.1. The van der Waals surface area contributed by atoms with Gasteiger partial charge in [-0.25, -0.2) is 4.98 Å². The number of benzene rings is 1. The fraction of sp³-hybridized carbons (Fsp3) is 0.577. The van der Waals surface area contributed by atoms with Crippen LogP contribution in [-0.4, -0.2) is 67.1 Å². The largest absolute Gasteiger partial charge is 0.379 e. The molecule has 7 nitrogen and oxygen atoms in total. The van der Waals surface area contributed by atoms with Gasteiger partial charge in [-0.3, -0.25) is 14.5 Å². The van der Waals surface area contributed by atoms with E-state index in [0.717, 1.165) is 67.3 Å². The van der Waals surface area contributed by atoms with Crippen molar-refractivity contribution in [1.29, 1.82) is 0 Å². The van der Waals surface area contributed by atoms with Crippen LogP contribution in [0.15, 0.2) is 23.6 Å². The van der Waals surface area contributed by atoms with Gasteiger partial charge in [0.2, 0.25) is 11.8 Å². The standard InChI is InChI=1S/C26H36N4O3S/c1-18(2)33-14-4-10-27-26(32)20-7-11-29(12-8-20)16-25(31)30-13-9-22-15-21(5-6-24(22)30)23-17-34-19(3)28-23/h5-6,15,17-18,20H,4,7-14,16H2,1-3H3,(H,27,32). The van der Waals surface area contributed by atoms with E-state index in [1.165, 1.54) is 5.56 Å².